The maximum absolute atomic E-state index is 12.4. The van der Waals surface area contributed by atoms with Crippen LogP contribution < -0.4 is 15.1 Å². The van der Waals surface area contributed by atoms with Crippen molar-refractivity contribution >= 4 is 34.6 Å². The van der Waals surface area contributed by atoms with Gasteiger partial charge in [-0.2, -0.15) is 0 Å². The third kappa shape index (κ3) is 3.82. The van der Waals surface area contributed by atoms with Crippen LogP contribution in [0.25, 0.3) is 0 Å². The van der Waals surface area contributed by atoms with Crippen molar-refractivity contribution in [2.24, 2.45) is 0 Å². The number of amides is 1. The summed E-state index contributed by atoms with van der Waals surface area (Å²) in [6.07, 6.45) is 0.853. The van der Waals surface area contributed by atoms with Gasteiger partial charge in [-0.05, 0) is 55.3 Å². The molecule has 1 fully saturated rings. The molecule has 2 aliphatic heterocycles. The Bertz CT molecular complexity index is 849. The molecule has 2 aliphatic rings. The predicted molar refractivity (Wildman–Crippen MR) is 115 cm³/mol. The molecule has 0 aliphatic carbocycles. The van der Waals surface area contributed by atoms with Crippen LogP contribution in [0.2, 0.25) is 5.02 Å². The van der Waals surface area contributed by atoms with Crippen LogP contribution in [0.1, 0.15) is 31.9 Å². The number of ether oxygens (including phenoxy) is 1. The molecule has 148 valence electrons. The number of carbonyl (C=O) groups excluding carboxylic acids is 1. The Morgan fingerprint density at radius 2 is 1.86 bits per heavy atom. The van der Waals surface area contributed by atoms with E-state index in [0.29, 0.717) is 0 Å². The molecule has 2 heterocycles. The predicted octanol–water partition coefficient (Wildman–Crippen LogP) is 4.47. The fourth-order valence-corrected chi connectivity index (χ4v) is 4.35. The van der Waals surface area contributed by atoms with Gasteiger partial charge in [0, 0.05) is 42.5 Å². The zero-order chi connectivity index (χ0) is 19.7. The molecule has 2 unspecified atom stereocenters. The van der Waals surface area contributed by atoms with E-state index in [-0.39, 0.29) is 18.0 Å². The molecule has 2 aromatic carbocycles. The Kier molecular flexibility index (Phi) is 5.47. The van der Waals surface area contributed by atoms with Crippen molar-refractivity contribution in [3.05, 3.63) is 53.1 Å². The second kappa shape index (κ2) is 8.02. The van der Waals surface area contributed by atoms with Gasteiger partial charge in [-0.1, -0.05) is 17.7 Å². The maximum atomic E-state index is 12.4. The van der Waals surface area contributed by atoms with Crippen LogP contribution in [0, 0.1) is 0 Å². The van der Waals surface area contributed by atoms with Gasteiger partial charge in [-0.3, -0.25) is 4.79 Å². The number of morpholine rings is 1. The van der Waals surface area contributed by atoms with Crippen molar-refractivity contribution < 1.29 is 9.53 Å². The molecular formula is C22H26ClN3O2. The summed E-state index contributed by atoms with van der Waals surface area (Å²) >= 11 is 6.02. The van der Waals surface area contributed by atoms with Gasteiger partial charge in [0.1, 0.15) is 0 Å². The van der Waals surface area contributed by atoms with Crippen molar-refractivity contribution in [1.29, 1.82) is 0 Å². The summed E-state index contributed by atoms with van der Waals surface area (Å²) in [4.78, 5) is 16.7. The van der Waals surface area contributed by atoms with Gasteiger partial charge in [0.15, 0.2) is 0 Å². The monoisotopic (exact) mass is 399 g/mol. The van der Waals surface area contributed by atoms with Gasteiger partial charge in [-0.15, -0.1) is 0 Å². The van der Waals surface area contributed by atoms with Crippen LogP contribution in [-0.4, -0.2) is 38.3 Å². The van der Waals surface area contributed by atoms with E-state index < -0.39 is 0 Å². The summed E-state index contributed by atoms with van der Waals surface area (Å²) in [6.45, 7) is 6.99. The van der Waals surface area contributed by atoms with E-state index in [9.17, 15) is 4.79 Å². The third-order valence-electron chi connectivity index (χ3n) is 5.57. The minimum Gasteiger partial charge on any atom is -0.378 e. The molecule has 0 saturated carbocycles. The van der Waals surface area contributed by atoms with E-state index in [2.05, 4.69) is 35.3 Å². The molecule has 0 bridgehead atoms. The first-order valence-corrected chi connectivity index (χ1v) is 10.2. The first-order valence-electron chi connectivity index (χ1n) is 9.81. The number of hydrogen-bond donors (Lipinski definition) is 1. The number of carbonyl (C=O) groups is 1. The summed E-state index contributed by atoms with van der Waals surface area (Å²) in [6, 6.07) is 14.5. The van der Waals surface area contributed by atoms with Crippen LogP contribution in [0.15, 0.2) is 42.5 Å². The van der Waals surface area contributed by atoms with Gasteiger partial charge in [0.2, 0.25) is 5.91 Å². The Labute approximate surface area is 171 Å². The van der Waals surface area contributed by atoms with Crippen LogP contribution in [0.5, 0.6) is 0 Å². The van der Waals surface area contributed by atoms with E-state index in [4.69, 9.17) is 16.3 Å². The number of halogens is 1. The first kappa shape index (κ1) is 19.1. The Balaban J connectivity index is 1.69. The summed E-state index contributed by atoms with van der Waals surface area (Å²) in [7, 11) is 0. The highest BCUT2D eigenvalue weighted by atomic mass is 35.5. The average molecular weight is 400 g/mol. The van der Waals surface area contributed by atoms with Gasteiger partial charge in [0.05, 0.1) is 24.9 Å². The second-order valence-corrected chi connectivity index (χ2v) is 7.96. The Morgan fingerprint density at radius 1 is 1.14 bits per heavy atom. The van der Waals surface area contributed by atoms with Gasteiger partial charge >= 0.3 is 0 Å². The van der Waals surface area contributed by atoms with Crippen molar-refractivity contribution in [2.75, 3.05) is 41.4 Å². The number of benzene rings is 2. The number of nitrogens with zero attached hydrogens (tertiary/aromatic N) is 2. The lowest BCUT2D eigenvalue weighted by molar-refractivity contribution is -0.117. The lowest BCUT2D eigenvalue weighted by atomic mass is 9.90. The normalized spacial score (nSPS) is 22.0. The Morgan fingerprint density at radius 3 is 2.54 bits per heavy atom. The number of fused-ring (bicyclic) bond motifs is 1. The number of anilines is 3. The van der Waals surface area contributed by atoms with Gasteiger partial charge in [-0.25, -0.2) is 0 Å². The van der Waals surface area contributed by atoms with E-state index in [0.717, 1.165) is 60.4 Å². The summed E-state index contributed by atoms with van der Waals surface area (Å²) < 4.78 is 5.48. The zero-order valence-electron chi connectivity index (χ0n) is 16.3. The lowest BCUT2D eigenvalue weighted by Crippen LogP contribution is -2.43. The van der Waals surface area contributed by atoms with Crippen molar-refractivity contribution in [1.82, 2.24) is 0 Å². The zero-order valence-corrected chi connectivity index (χ0v) is 17.1. The van der Waals surface area contributed by atoms with Crippen molar-refractivity contribution in [2.45, 2.75) is 32.4 Å². The van der Waals surface area contributed by atoms with Crippen LogP contribution >= 0.6 is 11.6 Å². The highest BCUT2D eigenvalue weighted by molar-refractivity contribution is 6.30. The van der Waals surface area contributed by atoms with E-state index in [1.807, 2.05) is 29.2 Å². The van der Waals surface area contributed by atoms with Gasteiger partial charge in [0.25, 0.3) is 0 Å². The fourth-order valence-electron chi connectivity index (χ4n) is 4.23. The fraction of sp³-hybridized carbons (Fsp3) is 0.409. The van der Waals surface area contributed by atoms with Crippen LogP contribution in [0.3, 0.4) is 0 Å². The van der Waals surface area contributed by atoms with E-state index >= 15 is 0 Å². The van der Waals surface area contributed by atoms with Crippen LogP contribution in [-0.2, 0) is 9.53 Å². The minimum absolute atomic E-state index is 0.0813. The summed E-state index contributed by atoms with van der Waals surface area (Å²) in [5.74, 6) is 0.0813. The van der Waals surface area contributed by atoms with Gasteiger partial charge < -0.3 is 19.9 Å². The maximum Gasteiger partial charge on any atom is 0.224 e. The third-order valence-corrected chi connectivity index (χ3v) is 5.82. The SMILES string of the molecule is CC(=O)N1c2cc(N3CCOCC3)ccc2C(Nc2ccc(Cl)cc2)CC1C. The lowest BCUT2D eigenvalue weighted by Gasteiger charge is -2.40. The minimum atomic E-state index is 0.0813. The molecule has 1 N–H and O–H groups in total. The Hall–Kier alpha value is -2.24. The molecule has 6 heteroatoms. The standard InChI is InChI=1S/C22H26ClN3O2/c1-15-13-21(24-18-5-3-17(23)4-6-18)20-8-7-19(25-9-11-28-12-10-25)14-22(20)26(15)16(2)27/h3-8,14-15,21,24H,9-13H2,1-2H3. The molecule has 5 nitrogen and oxygen atoms in total. The smallest absolute Gasteiger partial charge is 0.224 e. The molecular weight excluding hydrogens is 374 g/mol. The number of hydrogen-bond acceptors (Lipinski definition) is 4. The highest BCUT2D eigenvalue weighted by Crippen LogP contribution is 2.41. The van der Waals surface area contributed by atoms with Crippen molar-refractivity contribution in [3.8, 4) is 0 Å². The second-order valence-electron chi connectivity index (χ2n) is 7.52. The average Bonchev–Trinajstić information content (AvgIpc) is 2.69. The molecule has 4 rings (SSSR count). The summed E-state index contributed by atoms with van der Waals surface area (Å²) in [5.41, 5.74) is 4.33. The molecule has 1 amide bonds. The molecule has 2 aromatic rings. The number of nitrogens with one attached hydrogen (secondary N) is 1. The molecule has 0 radical (unpaired) electrons. The van der Waals surface area contributed by atoms with E-state index in [1.165, 1.54) is 0 Å². The van der Waals surface area contributed by atoms with E-state index in [1.54, 1.807) is 6.92 Å². The molecule has 1 saturated heterocycles. The van der Waals surface area contributed by atoms with Crippen LogP contribution in [0.4, 0.5) is 17.1 Å². The molecule has 2 atom stereocenters. The number of rotatable bonds is 3. The van der Waals surface area contributed by atoms with Crippen molar-refractivity contribution in [3.63, 3.8) is 0 Å². The molecule has 28 heavy (non-hydrogen) atoms. The molecule has 0 spiro atoms. The molecule has 0 aromatic heterocycles. The first-order chi connectivity index (χ1) is 13.5. The highest BCUT2D eigenvalue weighted by Gasteiger charge is 2.33. The summed E-state index contributed by atoms with van der Waals surface area (Å²) in [5, 5.41) is 4.35. The quantitative estimate of drug-likeness (QED) is 0.826. The topological polar surface area (TPSA) is 44.8 Å². The largest absolute Gasteiger partial charge is 0.378 e.